The van der Waals surface area contributed by atoms with Crippen LogP contribution in [0.15, 0.2) is 77.5 Å². The number of aromatic nitrogens is 4. The summed E-state index contributed by atoms with van der Waals surface area (Å²) >= 11 is 6.20. The molecule has 5 rings (SSSR count). The molecule has 0 atom stereocenters. The highest BCUT2D eigenvalue weighted by Crippen LogP contribution is 2.29. The van der Waals surface area contributed by atoms with Crippen molar-refractivity contribution >= 4 is 23.2 Å². The Morgan fingerprint density at radius 3 is 2.68 bits per heavy atom. The van der Waals surface area contributed by atoms with Gasteiger partial charge in [-0.25, -0.2) is 4.98 Å². The molecule has 5 aromatic rings. The third-order valence-corrected chi connectivity index (χ3v) is 5.09. The van der Waals surface area contributed by atoms with Gasteiger partial charge in [0.25, 0.3) is 0 Å². The Bertz CT molecular complexity index is 1330. The van der Waals surface area contributed by atoms with E-state index in [0.717, 1.165) is 22.4 Å². The summed E-state index contributed by atoms with van der Waals surface area (Å²) < 4.78 is 12.4. The fourth-order valence-electron chi connectivity index (χ4n) is 3.29. The van der Waals surface area contributed by atoms with Gasteiger partial charge in [0, 0.05) is 17.1 Å². The van der Waals surface area contributed by atoms with Crippen molar-refractivity contribution in [3.63, 3.8) is 0 Å². The summed E-state index contributed by atoms with van der Waals surface area (Å²) in [7, 11) is 1.65. The average molecular weight is 432 g/mol. The second kappa shape index (κ2) is 8.12. The predicted molar refractivity (Wildman–Crippen MR) is 119 cm³/mol. The van der Waals surface area contributed by atoms with E-state index in [-0.39, 0.29) is 0 Å². The Morgan fingerprint density at radius 2 is 1.94 bits per heavy atom. The summed E-state index contributed by atoms with van der Waals surface area (Å²) in [5.41, 5.74) is 3.51. The van der Waals surface area contributed by atoms with Crippen molar-refractivity contribution in [2.24, 2.45) is 0 Å². The highest BCUT2D eigenvalue weighted by molar-refractivity contribution is 6.30. The highest BCUT2D eigenvalue weighted by atomic mass is 35.5. The van der Waals surface area contributed by atoms with Crippen LogP contribution in [0, 0.1) is 0 Å². The molecule has 0 radical (unpaired) electrons. The van der Waals surface area contributed by atoms with Gasteiger partial charge in [-0.3, -0.25) is 0 Å². The van der Waals surface area contributed by atoms with E-state index in [4.69, 9.17) is 25.7 Å². The van der Waals surface area contributed by atoms with Crippen molar-refractivity contribution in [2.75, 3.05) is 12.4 Å². The molecule has 0 amide bonds. The molecule has 0 saturated carbocycles. The standard InChI is InChI=1S/C23H18ClN5O2/c1-30-18-9-7-15(8-10-18)13-25-23-28-21(20-6-3-11-31-20)27-22-19(14-26-29(22)23)16-4-2-5-17(24)12-16/h2-12,14H,13H2,1H3,(H,25,27,28). The van der Waals surface area contributed by atoms with Crippen molar-refractivity contribution < 1.29 is 9.15 Å². The summed E-state index contributed by atoms with van der Waals surface area (Å²) in [5.74, 6) is 2.42. The molecule has 0 aliphatic heterocycles. The number of fused-ring (bicyclic) bond motifs is 1. The molecule has 3 aromatic heterocycles. The molecule has 2 aromatic carbocycles. The van der Waals surface area contributed by atoms with E-state index >= 15 is 0 Å². The Labute approximate surface area is 183 Å². The number of benzene rings is 2. The zero-order valence-electron chi connectivity index (χ0n) is 16.6. The highest BCUT2D eigenvalue weighted by Gasteiger charge is 2.16. The first kappa shape index (κ1) is 19.1. The van der Waals surface area contributed by atoms with Gasteiger partial charge in [0.1, 0.15) is 5.75 Å². The molecule has 1 N–H and O–H groups in total. The Balaban J connectivity index is 1.57. The number of ether oxygens (including phenoxy) is 1. The molecule has 31 heavy (non-hydrogen) atoms. The first-order chi connectivity index (χ1) is 15.2. The van der Waals surface area contributed by atoms with Gasteiger partial charge in [0.15, 0.2) is 11.4 Å². The summed E-state index contributed by atoms with van der Waals surface area (Å²) in [6.45, 7) is 0.556. The third-order valence-electron chi connectivity index (χ3n) is 4.85. The molecule has 0 aliphatic carbocycles. The fourth-order valence-corrected chi connectivity index (χ4v) is 3.48. The normalized spacial score (nSPS) is 11.0. The number of anilines is 1. The molecule has 0 aliphatic rings. The predicted octanol–water partition coefficient (Wildman–Crippen LogP) is 5.33. The minimum atomic E-state index is 0.471. The first-order valence-electron chi connectivity index (χ1n) is 9.63. The molecule has 154 valence electrons. The van der Waals surface area contributed by atoms with E-state index in [0.29, 0.717) is 34.7 Å². The molecule has 0 saturated heterocycles. The number of nitrogens with zero attached hydrogens (tertiary/aromatic N) is 4. The summed E-state index contributed by atoms with van der Waals surface area (Å²) in [6, 6.07) is 19.1. The quantitative estimate of drug-likeness (QED) is 0.391. The van der Waals surface area contributed by atoms with Crippen LogP contribution in [0.3, 0.4) is 0 Å². The van der Waals surface area contributed by atoms with E-state index in [9.17, 15) is 0 Å². The second-order valence-corrected chi connectivity index (χ2v) is 7.29. The lowest BCUT2D eigenvalue weighted by Crippen LogP contribution is -2.09. The number of rotatable bonds is 6. The van der Waals surface area contributed by atoms with Crippen LogP contribution in [0.4, 0.5) is 5.95 Å². The monoisotopic (exact) mass is 431 g/mol. The van der Waals surface area contributed by atoms with Gasteiger partial charge in [0.05, 0.1) is 19.6 Å². The van der Waals surface area contributed by atoms with Gasteiger partial charge < -0.3 is 14.5 Å². The fraction of sp³-hybridized carbons (Fsp3) is 0.0870. The van der Waals surface area contributed by atoms with Crippen LogP contribution in [0.25, 0.3) is 28.4 Å². The van der Waals surface area contributed by atoms with Crippen molar-refractivity contribution in [2.45, 2.75) is 6.54 Å². The lowest BCUT2D eigenvalue weighted by Gasteiger charge is -2.10. The molecule has 3 heterocycles. The molecule has 0 fully saturated rings. The Morgan fingerprint density at radius 1 is 1.06 bits per heavy atom. The van der Waals surface area contributed by atoms with Crippen molar-refractivity contribution in [1.29, 1.82) is 0 Å². The van der Waals surface area contributed by atoms with E-state index in [1.807, 2.05) is 60.7 Å². The van der Waals surface area contributed by atoms with Gasteiger partial charge in [-0.05, 0) is 47.5 Å². The minimum absolute atomic E-state index is 0.471. The van der Waals surface area contributed by atoms with Gasteiger partial charge in [-0.15, -0.1) is 0 Å². The number of hydrogen-bond donors (Lipinski definition) is 1. The average Bonchev–Trinajstić information content (AvgIpc) is 3.48. The topological polar surface area (TPSA) is 77.5 Å². The SMILES string of the molecule is COc1ccc(CNc2nc(-c3ccco3)nc3c(-c4cccc(Cl)c4)cnn23)cc1. The van der Waals surface area contributed by atoms with Gasteiger partial charge in [-0.1, -0.05) is 35.9 Å². The molecule has 7 nitrogen and oxygen atoms in total. The maximum absolute atomic E-state index is 6.20. The third kappa shape index (κ3) is 3.83. The molecule has 8 heteroatoms. The van der Waals surface area contributed by atoms with Crippen LogP contribution in [0.5, 0.6) is 5.75 Å². The van der Waals surface area contributed by atoms with Crippen LogP contribution in [0.2, 0.25) is 5.02 Å². The van der Waals surface area contributed by atoms with Crippen LogP contribution in [0.1, 0.15) is 5.56 Å². The number of furan rings is 1. The number of methoxy groups -OCH3 is 1. The second-order valence-electron chi connectivity index (χ2n) is 6.85. The maximum atomic E-state index is 6.20. The van der Waals surface area contributed by atoms with E-state index in [1.165, 1.54) is 0 Å². The molecular weight excluding hydrogens is 414 g/mol. The number of nitrogens with one attached hydrogen (secondary N) is 1. The lowest BCUT2D eigenvalue weighted by atomic mass is 10.1. The van der Waals surface area contributed by atoms with E-state index < -0.39 is 0 Å². The number of halogens is 1. The molecule has 0 unspecified atom stereocenters. The molecular formula is C23H18ClN5O2. The zero-order valence-corrected chi connectivity index (χ0v) is 17.4. The zero-order chi connectivity index (χ0) is 21.2. The van der Waals surface area contributed by atoms with Crippen LogP contribution in [-0.2, 0) is 6.54 Å². The minimum Gasteiger partial charge on any atom is -0.497 e. The molecule has 0 bridgehead atoms. The summed E-state index contributed by atoms with van der Waals surface area (Å²) in [4.78, 5) is 9.37. The van der Waals surface area contributed by atoms with E-state index in [1.54, 1.807) is 24.1 Å². The smallest absolute Gasteiger partial charge is 0.228 e. The number of hydrogen-bond acceptors (Lipinski definition) is 6. The van der Waals surface area contributed by atoms with Crippen LogP contribution >= 0.6 is 11.6 Å². The van der Waals surface area contributed by atoms with Crippen LogP contribution < -0.4 is 10.1 Å². The van der Waals surface area contributed by atoms with Gasteiger partial charge >= 0.3 is 0 Å². The lowest BCUT2D eigenvalue weighted by molar-refractivity contribution is 0.414. The van der Waals surface area contributed by atoms with Crippen molar-refractivity contribution in [1.82, 2.24) is 19.6 Å². The van der Waals surface area contributed by atoms with Crippen molar-refractivity contribution in [3.8, 4) is 28.5 Å². The maximum Gasteiger partial charge on any atom is 0.228 e. The Kier molecular flexibility index (Phi) is 5.01. The summed E-state index contributed by atoms with van der Waals surface area (Å²) in [6.07, 6.45) is 3.36. The summed E-state index contributed by atoms with van der Waals surface area (Å²) in [5, 5.41) is 8.53. The Hall–Kier alpha value is -3.84. The van der Waals surface area contributed by atoms with Crippen LogP contribution in [-0.4, -0.2) is 26.7 Å². The molecule has 0 spiro atoms. The largest absolute Gasteiger partial charge is 0.497 e. The first-order valence-corrected chi connectivity index (χ1v) is 10.0. The van der Waals surface area contributed by atoms with Gasteiger partial charge in [0.2, 0.25) is 11.8 Å². The van der Waals surface area contributed by atoms with Gasteiger partial charge in [-0.2, -0.15) is 14.6 Å². The van der Waals surface area contributed by atoms with Crippen molar-refractivity contribution in [3.05, 3.63) is 83.7 Å². The van der Waals surface area contributed by atoms with E-state index in [2.05, 4.69) is 15.4 Å².